The molecule has 1 aliphatic carbocycles. The second-order valence-electron chi connectivity index (χ2n) is 4.94. The van der Waals surface area contributed by atoms with E-state index in [-0.39, 0.29) is 6.03 Å². The van der Waals surface area contributed by atoms with Crippen molar-refractivity contribution in [2.75, 3.05) is 17.3 Å². The summed E-state index contributed by atoms with van der Waals surface area (Å²) in [5.74, 6) is 0. The topological polar surface area (TPSA) is 67.2 Å². The van der Waals surface area contributed by atoms with Crippen LogP contribution < -0.4 is 16.4 Å². The number of rotatable bonds is 3. The number of hydrogen-bond acceptors (Lipinski definition) is 3. The highest BCUT2D eigenvalue weighted by Gasteiger charge is 2.22. The SMILES string of the molecule is CSC1CCCC(NC(=O)Nc2ccc(N)cc2)C1. The highest BCUT2D eigenvalue weighted by molar-refractivity contribution is 7.99. The van der Waals surface area contributed by atoms with E-state index in [9.17, 15) is 4.79 Å². The van der Waals surface area contributed by atoms with Gasteiger partial charge in [0.1, 0.15) is 0 Å². The zero-order chi connectivity index (χ0) is 13.7. The van der Waals surface area contributed by atoms with Gasteiger partial charge < -0.3 is 16.4 Å². The number of amides is 2. The third-order valence-corrected chi connectivity index (χ3v) is 4.56. The maximum absolute atomic E-state index is 11.9. The van der Waals surface area contributed by atoms with Gasteiger partial charge in [0.25, 0.3) is 0 Å². The van der Waals surface area contributed by atoms with Gasteiger partial charge in [-0.1, -0.05) is 6.42 Å². The van der Waals surface area contributed by atoms with Crippen LogP contribution in [0.3, 0.4) is 0 Å². The molecule has 2 rings (SSSR count). The second kappa shape index (κ2) is 6.70. The predicted molar refractivity (Wildman–Crippen MR) is 82.6 cm³/mol. The lowest BCUT2D eigenvalue weighted by Gasteiger charge is -2.28. The van der Waals surface area contributed by atoms with E-state index in [1.54, 1.807) is 24.3 Å². The lowest BCUT2D eigenvalue weighted by atomic mass is 9.95. The Balaban J connectivity index is 1.82. The van der Waals surface area contributed by atoms with Gasteiger partial charge in [-0.3, -0.25) is 0 Å². The van der Waals surface area contributed by atoms with E-state index in [1.165, 1.54) is 12.8 Å². The van der Waals surface area contributed by atoms with E-state index >= 15 is 0 Å². The molecule has 2 unspecified atom stereocenters. The number of carbonyl (C=O) groups excluding carboxylic acids is 1. The molecule has 0 heterocycles. The molecule has 1 aromatic carbocycles. The summed E-state index contributed by atoms with van der Waals surface area (Å²) in [6.07, 6.45) is 6.74. The molecular formula is C14H21N3OS. The van der Waals surface area contributed by atoms with Gasteiger partial charge in [-0.05, 0) is 49.8 Å². The van der Waals surface area contributed by atoms with E-state index in [4.69, 9.17) is 5.73 Å². The Morgan fingerprint density at radius 2 is 2.05 bits per heavy atom. The van der Waals surface area contributed by atoms with Crippen molar-refractivity contribution in [2.45, 2.75) is 37.0 Å². The monoisotopic (exact) mass is 279 g/mol. The minimum Gasteiger partial charge on any atom is -0.399 e. The van der Waals surface area contributed by atoms with Gasteiger partial charge in [0.05, 0.1) is 0 Å². The van der Waals surface area contributed by atoms with Crippen LogP contribution in [-0.2, 0) is 0 Å². The van der Waals surface area contributed by atoms with Crippen molar-refractivity contribution >= 4 is 29.2 Å². The molecule has 19 heavy (non-hydrogen) atoms. The molecule has 104 valence electrons. The summed E-state index contributed by atoms with van der Waals surface area (Å²) < 4.78 is 0. The van der Waals surface area contributed by atoms with Crippen LogP contribution in [0.4, 0.5) is 16.2 Å². The number of thioether (sulfide) groups is 1. The van der Waals surface area contributed by atoms with Crippen molar-refractivity contribution in [2.24, 2.45) is 0 Å². The maximum atomic E-state index is 11.9. The number of hydrogen-bond donors (Lipinski definition) is 3. The van der Waals surface area contributed by atoms with Crippen molar-refractivity contribution in [3.05, 3.63) is 24.3 Å². The molecular weight excluding hydrogens is 258 g/mol. The average Bonchev–Trinajstić information content (AvgIpc) is 2.41. The number of carbonyl (C=O) groups is 1. The standard InChI is InChI=1S/C14H21N3OS/c1-19-13-4-2-3-12(9-13)17-14(18)16-11-7-5-10(15)6-8-11/h5-8,12-13H,2-4,9,15H2,1H3,(H2,16,17,18). The summed E-state index contributed by atoms with van der Waals surface area (Å²) in [4.78, 5) is 11.9. The minimum atomic E-state index is -0.128. The number of anilines is 2. The number of nitrogens with one attached hydrogen (secondary N) is 2. The Bertz CT molecular complexity index is 421. The number of nitrogen functional groups attached to an aromatic ring is 1. The van der Waals surface area contributed by atoms with Crippen LogP contribution in [0, 0.1) is 0 Å². The van der Waals surface area contributed by atoms with Gasteiger partial charge in [-0.15, -0.1) is 0 Å². The van der Waals surface area contributed by atoms with Crippen molar-refractivity contribution in [1.29, 1.82) is 0 Å². The fourth-order valence-corrected chi connectivity index (χ4v) is 3.24. The van der Waals surface area contributed by atoms with E-state index in [1.807, 2.05) is 11.8 Å². The zero-order valence-electron chi connectivity index (χ0n) is 11.2. The summed E-state index contributed by atoms with van der Waals surface area (Å²) >= 11 is 1.90. The first-order valence-corrected chi connectivity index (χ1v) is 7.92. The van der Waals surface area contributed by atoms with Crippen LogP contribution in [0.15, 0.2) is 24.3 Å². The number of urea groups is 1. The smallest absolute Gasteiger partial charge is 0.319 e. The summed E-state index contributed by atoms with van der Waals surface area (Å²) in [5.41, 5.74) is 7.07. The fourth-order valence-electron chi connectivity index (χ4n) is 2.41. The first-order valence-electron chi connectivity index (χ1n) is 6.63. The van der Waals surface area contributed by atoms with Crippen LogP contribution >= 0.6 is 11.8 Å². The molecule has 5 heteroatoms. The van der Waals surface area contributed by atoms with E-state index < -0.39 is 0 Å². The maximum Gasteiger partial charge on any atom is 0.319 e. The average molecular weight is 279 g/mol. The Kier molecular flexibility index (Phi) is 4.96. The van der Waals surface area contributed by atoms with Crippen LogP contribution in [-0.4, -0.2) is 23.6 Å². The van der Waals surface area contributed by atoms with Crippen molar-refractivity contribution in [3.8, 4) is 0 Å². The van der Waals surface area contributed by atoms with Crippen LogP contribution in [0.5, 0.6) is 0 Å². The summed E-state index contributed by atoms with van der Waals surface area (Å²) in [6, 6.07) is 7.33. The molecule has 0 saturated heterocycles. The number of nitrogens with two attached hydrogens (primary N) is 1. The van der Waals surface area contributed by atoms with Gasteiger partial charge in [-0.2, -0.15) is 11.8 Å². The molecule has 2 atom stereocenters. The van der Waals surface area contributed by atoms with Crippen molar-refractivity contribution in [3.63, 3.8) is 0 Å². The van der Waals surface area contributed by atoms with Crippen molar-refractivity contribution in [1.82, 2.24) is 5.32 Å². The Morgan fingerprint density at radius 1 is 1.32 bits per heavy atom. The van der Waals surface area contributed by atoms with Crippen LogP contribution in [0.2, 0.25) is 0 Å². The summed E-state index contributed by atoms with van der Waals surface area (Å²) in [7, 11) is 0. The largest absolute Gasteiger partial charge is 0.399 e. The van der Waals surface area contributed by atoms with Gasteiger partial charge in [0.15, 0.2) is 0 Å². The van der Waals surface area contributed by atoms with E-state index in [0.29, 0.717) is 17.0 Å². The molecule has 0 aromatic heterocycles. The van der Waals surface area contributed by atoms with Gasteiger partial charge in [-0.25, -0.2) is 4.79 Å². The molecule has 4 nitrogen and oxygen atoms in total. The quantitative estimate of drug-likeness (QED) is 0.745. The lowest BCUT2D eigenvalue weighted by Crippen LogP contribution is -2.41. The molecule has 0 bridgehead atoms. The Hall–Kier alpha value is -1.36. The fraction of sp³-hybridized carbons (Fsp3) is 0.500. The number of benzene rings is 1. The molecule has 1 saturated carbocycles. The first kappa shape index (κ1) is 14.1. The zero-order valence-corrected chi connectivity index (χ0v) is 12.0. The second-order valence-corrected chi connectivity index (χ2v) is 6.08. The Morgan fingerprint density at radius 3 is 2.74 bits per heavy atom. The molecule has 1 aromatic rings. The molecule has 0 radical (unpaired) electrons. The highest BCUT2D eigenvalue weighted by atomic mass is 32.2. The summed E-state index contributed by atoms with van der Waals surface area (Å²) in [5, 5.41) is 6.56. The third-order valence-electron chi connectivity index (χ3n) is 3.46. The van der Waals surface area contributed by atoms with E-state index in [2.05, 4.69) is 16.9 Å². The normalized spacial score (nSPS) is 22.8. The van der Waals surface area contributed by atoms with E-state index in [0.717, 1.165) is 18.5 Å². The first-order chi connectivity index (χ1) is 9.17. The molecule has 4 N–H and O–H groups in total. The van der Waals surface area contributed by atoms with Crippen LogP contribution in [0.1, 0.15) is 25.7 Å². The third kappa shape index (κ3) is 4.35. The van der Waals surface area contributed by atoms with Gasteiger partial charge in [0.2, 0.25) is 0 Å². The molecule has 0 aliphatic heterocycles. The highest BCUT2D eigenvalue weighted by Crippen LogP contribution is 2.26. The molecule has 1 aliphatic rings. The van der Waals surface area contributed by atoms with Crippen LogP contribution in [0.25, 0.3) is 0 Å². The van der Waals surface area contributed by atoms with Crippen molar-refractivity contribution < 1.29 is 4.79 Å². The molecule has 2 amide bonds. The lowest BCUT2D eigenvalue weighted by molar-refractivity contribution is 0.244. The predicted octanol–water partition coefficient (Wildman–Crippen LogP) is 3.06. The molecule has 0 spiro atoms. The minimum absolute atomic E-state index is 0.128. The molecule has 1 fully saturated rings. The van der Waals surface area contributed by atoms with Gasteiger partial charge in [0, 0.05) is 22.7 Å². The van der Waals surface area contributed by atoms with Gasteiger partial charge >= 0.3 is 6.03 Å². The Labute approximate surface area is 118 Å². The summed E-state index contributed by atoms with van der Waals surface area (Å²) in [6.45, 7) is 0.